The Bertz CT molecular complexity index is 3270. The van der Waals surface area contributed by atoms with Gasteiger partial charge in [-0.05, 0) is 110 Å². The minimum absolute atomic E-state index is 0.846. The predicted octanol–water partition coefficient (Wildman–Crippen LogP) is 17.1. The van der Waals surface area contributed by atoms with Gasteiger partial charge in [0.1, 0.15) is 5.58 Å². The third-order valence-electron chi connectivity index (χ3n) is 11.9. The van der Waals surface area contributed by atoms with E-state index in [9.17, 15) is 0 Å². The molecule has 0 saturated heterocycles. The van der Waals surface area contributed by atoms with Gasteiger partial charge in [-0.15, -0.1) is 0 Å². The zero-order valence-electron chi connectivity index (χ0n) is 34.0. The van der Waals surface area contributed by atoms with Gasteiger partial charge >= 0.3 is 0 Å². The van der Waals surface area contributed by atoms with E-state index in [-0.39, 0.29) is 0 Å². The number of rotatable bonds is 9. The van der Waals surface area contributed by atoms with Gasteiger partial charge in [-0.2, -0.15) is 0 Å². The van der Waals surface area contributed by atoms with Crippen LogP contribution in [0, 0.1) is 0 Å². The number of anilines is 3. The summed E-state index contributed by atoms with van der Waals surface area (Å²) in [5, 5.41) is 2.18. The second-order valence-electron chi connectivity index (χ2n) is 15.6. The van der Waals surface area contributed by atoms with Crippen LogP contribution >= 0.6 is 0 Å². The van der Waals surface area contributed by atoms with Crippen molar-refractivity contribution >= 4 is 39.0 Å². The summed E-state index contributed by atoms with van der Waals surface area (Å²) >= 11 is 0. The van der Waals surface area contributed by atoms with Gasteiger partial charge in [-0.1, -0.05) is 200 Å². The van der Waals surface area contributed by atoms with E-state index in [4.69, 9.17) is 4.42 Å². The molecule has 62 heavy (non-hydrogen) atoms. The molecule has 0 saturated carbocycles. The van der Waals surface area contributed by atoms with Gasteiger partial charge in [0.15, 0.2) is 5.58 Å². The molecule has 10 aromatic carbocycles. The van der Waals surface area contributed by atoms with Crippen molar-refractivity contribution in [2.75, 3.05) is 4.90 Å². The molecule has 0 spiro atoms. The molecule has 0 amide bonds. The van der Waals surface area contributed by atoms with E-state index in [0.717, 1.165) is 61.3 Å². The van der Waals surface area contributed by atoms with Crippen molar-refractivity contribution in [2.45, 2.75) is 0 Å². The van der Waals surface area contributed by atoms with Crippen LogP contribution in [0.2, 0.25) is 0 Å². The quantitative estimate of drug-likeness (QED) is 0.145. The Morgan fingerprint density at radius 2 is 0.677 bits per heavy atom. The largest absolute Gasteiger partial charge is 0.454 e. The van der Waals surface area contributed by atoms with Gasteiger partial charge < -0.3 is 9.32 Å². The Morgan fingerprint density at radius 1 is 0.258 bits per heavy atom. The number of nitrogens with zero attached hydrogens (tertiary/aromatic N) is 1. The molecule has 0 aliphatic rings. The third-order valence-corrected chi connectivity index (χ3v) is 11.9. The van der Waals surface area contributed by atoms with Crippen LogP contribution in [0.5, 0.6) is 0 Å². The van der Waals surface area contributed by atoms with E-state index in [0.29, 0.717) is 0 Å². The number of hydrogen-bond donors (Lipinski definition) is 0. The Morgan fingerprint density at radius 3 is 1.29 bits per heavy atom. The van der Waals surface area contributed by atoms with Crippen LogP contribution in [0.4, 0.5) is 17.1 Å². The lowest BCUT2D eigenvalue weighted by molar-refractivity contribution is 0.669. The summed E-state index contributed by atoms with van der Waals surface area (Å²) in [6.07, 6.45) is 0. The van der Waals surface area contributed by atoms with Crippen molar-refractivity contribution in [3.8, 4) is 66.8 Å². The fourth-order valence-electron chi connectivity index (χ4n) is 8.94. The molecule has 0 aliphatic heterocycles. The third kappa shape index (κ3) is 6.84. The summed E-state index contributed by atoms with van der Waals surface area (Å²) in [5.41, 5.74) is 18.8. The van der Waals surface area contributed by atoms with Gasteiger partial charge in [0.25, 0.3) is 0 Å². The van der Waals surface area contributed by atoms with E-state index in [1.54, 1.807) is 0 Å². The predicted molar refractivity (Wildman–Crippen MR) is 261 cm³/mol. The number of fused-ring (bicyclic) bond motifs is 3. The molecule has 0 bridgehead atoms. The molecule has 11 rings (SSSR count). The first kappa shape index (κ1) is 36.8. The first-order valence-corrected chi connectivity index (χ1v) is 21.2. The van der Waals surface area contributed by atoms with Gasteiger partial charge in [-0.3, -0.25) is 0 Å². The molecule has 0 fully saturated rings. The molecular formula is C60H41NO. The highest BCUT2D eigenvalue weighted by Gasteiger charge is 2.23. The molecule has 0 radical (unpaired) electrons. The first-order valence-electron chi connectivity index (χ1n) is 21.2. The van der Waals surface area contributed by atoms with E-state index in [1.165, 1.54) is 44.5 Å². The highest BCUT2D eigenvalue weighted by molar-refractivity contribution is 6.11. The minimum atomic E-state index is 0.846. The number of hydrogen-bond acceptors (Lipinski definition) is 2. The normalized spacial score (nSPS) is 11.2. The standard InChI is InChI=1S/C60H41NO/c1-4-19-42(20-5-1)46-39-47(43-21-6-2-7-22-43)41-48(40-46)44-35-37-49(38-36-44)61(58-33-18-31-56-55-30-15-17-34-59(55)62-60(56)58)57-32-16-14-29-54(57)53-28-13-12-27-52(53)51-26-11-10-25-50(51)45-23-8-3-9-24-45/h1-41H. The van der Waals surface area contributed by atoms with E-state index >= 15 is 0 Å². The van der Waals surface area contributed by atoms with E-state index < -0.39 is 0 Å². The Balaban J connectivity index is 1.10. The molecule has 1 aromatic heterocycles. The van der Waals surface area contributed by atoms with E-state index in [1.807, 2.05) is 6.07 Å². The van der Waals surface area contributed by atoms with Crippen LogP contribution < -0.4 is 4.90 Å². The van der Waals surface area contributed by atoms with Gasteiger partial charge in [-0.25, -0.2) is 0 Å². The van der Waals surface area contributed by atoms with Crippen LogP contribution in [0.3, 0.4) is 0 Å². The van der Waals surface area contributed by atoms with Crippen molar-refractivity contribution in [2.24, 2.45) is 0 Å². The maximum absolute atomic E-state index is 6.77. The fourth-order valence-corrected chi connectivity index (χ4v) is 8.94. The zero-order chi connectivity index (χ0) is 41.2. The van der Waals surface area contributed by atoms with Crippen molar-refractivity contribution in [1.82, 2.24) is 0 Å². The molecule has 292 valence electrons. The van der Waals surface area contributed by atoms with E-state index in [2.05, 4.69) is 248 Å². The molecule has 11 aromatic rings. The lowest BCUT2D eigenvalue weighted by Gasteiger charge is -2.28. The maximum atomic E-state index is 6.77. The van der Waals surface area contributed by atoms with Crippen molar-refractivity contribution < 1.29 is 4.42 Å². The molecule has 0 N–H and O–H groups in total. The molecule has 1 heterocycles. The monoisotopic (exact) mass is 791 g/mol. The van der Waals surface area contributed by atoms with Crippen LogP contribution in [-0.2, 0) is 0 Å². The number of benzene rings is 10. The minimum Gasteiger partial charge on any atom is -0.454 e. The van der Waals surface area contributed by atoms with Gasteiger partial charge in [0, 0.05) is 22.0 Å². The molecule has 0 aliphatic carbocycles. The molecular weight excluding hydrogens is 751 g/mol. The summed E-state index contributed by atoms with van der Waals surface area (Å²) in [5.74, 6) is 0. The smallest absolute Gasteiger partial charge is 0.159 e. The average Bonchev–Trinajstić information content (AvgIpc) is 3.75. The summed E-state index contributed by atoms with van der Waals surface area (Å²) < 4.78 is 6.77. The first-order chi connectivity index (χ1) is 30.8. The lowest BCUT2D eigenvalue weighted by atomic mass is 9.88. The Hall–Kier alpha value is -8.20. The summed E-state index contributed by atoms with van der Waals surface area (Å²) in [6, 6.07) is 89.0. The number of furan rings is 1. The lowest BCUT2D eigenvalue weighted by Crippen LogP contribution is -2.11. The highest BCUT2D eigenvalue weighted by Crippen LogP contribution is 2.48. The topological polar surface area (TPSA) is 16.4 Å². The molecule has 2 nitrogen and oxygen atoms in total. The van der Waals surface area contributed by atoms with Gasteiger partial charge in [0.2, 0.25) is 0 Å². The summed E-state index contributed by atoms with van der Waals surface area (Å²) in [6.45, 7) is 0. The van der Waals surface area contributed by atoms with Crippen LogP contribution in [0.15, 0.2) is 253 Å². The van der Waals surface area contributed by atoms with Crippen LogP contribution in [-0.4, -0.2) is 0 Å². The summed E-state index contributed by atoms with van der Waals surface area (Å²) in [7, 11) is 0. The second-order valence-corrected chi connectivity index (χ2v) is 15.6. The zero-order valence-corrected chi connectivity index (χ0v) is 34.0. The van der Waals surface area contributed by atoms with Crippen molar-refractivity contribution in [3.63, 3.8) is 0 Å². The maximum Gasteiger partial charge on any atom is 0.159 e. The highest BCUT2D eigenvalue weighted by atomic mass is 16.3. The fraction of sp³-hybridized carbons (Fsp3) is 0. The molecule has 0 atom stereocenters. The Kier molecular flexibility index (Phi) is 9.57. The molecule has 0 unspecified atom stereocenters. The number of para-hydroxylation sites is 3. The second kappa shape index (κ2) is 16.1. The van der Waals surface area contributed by atoms with Crippen LogP contribution in [0.25, 0.3) is 88.7 Å². The van der Waals surface area contributed by atoms with Crippen molar-refractivity contribution in [3.05, 3.63) is 249 Å². The average molecular weight is 792 g/mol. The molecule has 2 heteroatoms. The SMILES string of the molecule is c1ccc(-c2cc(-c3ccccc3)cc(-c3ccc(N(c4ccccc4-c4ccccc4-c4ccccc4-c4ccccc4)c4cccc5c4oc4ccccc45)cc3)c2)cc1. The van der Waals surface area contributed by atoms with Crippen LogP contribution in [0.1, 0.15) is 0 Å². The van der Waals surface area contributed by atoms with Gasteiger partial charge in [0.05, 0.1) is 11.4 Å². The summed E-state index contributed by atoms with van der Waals surface area (Å²) in [4.78, 5) is 2.37. The Labute approximate surface area is 362 Å². The van der Waals surface area contributed by atoms with Crippen molar-refractivity contribution in [1.29, 1.82) is 0 Å².